The topological polar surface area (TPSA) is 40.5 Å². The van der Waals surface area contributed by atoms with Crippen LogP contribution in [0.3, 0.4) is 0 Å². The Kier molecular flexibility index (Phi) is 12.6. The lowest BCUT2D eigenvalue weighted by molar-refractivity contribution is 0.445. The highest BCUT2D eigenvalue weighted by Crippen LogP contribution is 2.46. The minimum absolute atomic E-state index is 0.0369. The molecule has 280 valence electrons. The second kappa shape index (κ2) is 16.3. The van der Waals surface area contributed by atoms with Gasteiger partial charge in [0.1, 0.15) is 11.5 Å². The monoisotopic (exact) mass is 736 g/mol. The van der Waals surface area contributed by atoms with Crippen LogP contribution in [0.5, 0.6) is 11.5 Å². The molecule has 2 unspecified atom stereocenters. The number of aromatic hydroxyl groups is 2. The lowest BCUT2D eigenvalue weighted by Crippen LogP contribution is -2.24. The molecule has 1 fully saturated rings. The number of benzene rings is 4. The second-order valence-corrected chi connectivity index (χ2v) is 20.7. The van der Waals surface area contributed by atoms with Crippen molar-refractivity contribution in [3.8, 4) is 11.5 Å². The van der Waals surface area contributed by atoms with Crippen LogP contribution in [0.2, 0.25) is 0 Å². The standard InChI is InChI=1S/C48H64O2S2/c1-45(2,3)37-27-33(43(49)39(29-37)47(7,8)35-21-15-13-16-22-35)31-51-41-25-19-11-12-20-26-42(41)52-32-34-28-38(46(4,5)6)30-40(44(34)50)48(9,10)36-23-17-14-18-24-36/h13-18,21-24,27-30,41-42,49-50H,11-12,19-20,25-26,31-32H2,1-10H3. The molecular formula is C48H64O2S2. The van der Waals surface area contributed by atoms with Crippen LogP contribution < -0.4 is 0 Å². The van der Waals surface area contributed by atoms with Crippen LogP contribution in [-0.4, -0.2) is 20.7 Å². The lowest BCUT2D eigenvalue weighted by atomic mass is 9.74. The summed E-state index contributed by atoms with van der Waals surface area (Å²) in [5, 5.41) is 24.9. The van der Waals surface area contributed by atoms with E-state index in [1.54, 1.807) is 0 Å². The van der Waals surface area contributed by atoms with Crippen molar-refractivity contribution < 1.29 is 10.2 Å². The third-order valence-electron chi connectivity index (χ3n) is 11.5. The average molecular weight is 737 g/mol. The third kappa shape index (κ3) is 9.27. The van der Waals surface area contributed by atoms with Crippen molar-refractivity contribution in [2.75, 3.05) is 0 Å². The summed E-state index contributed by atoms with van der Waals surface area (Å²) in [6, 6.07) is 30.2. The number of hydrogen-bond donors (Lipinski definition) is 2. The van der Waals surface area contributed by atoms with E-state index < -0.39 is 0 Å². The highest BCUT2D eigenvalue weighted by Gasteiger charge is 2.33. The van der Waals surface area contributed by atoms with E-state index in [4.69, 9.17) is 0 Å². The molecule has 0 aromatic heterocycles. The van der Waals surface area contributed by atoms with E-state index in [0.29, 0.717) is 22.0 Å². The Morgan fingerprint density at radius 3 is 1.15 bits per heavy atom. The average Bonchev–Trinajstić information content (AvgIpc) is 3.08. The summed E-state index contributed by atoms with van der Waals surface area (Å²) in [6.45, 7) is 22.6. The molecule has 0 radical (unpaired) electrons. The Hall–Kier alpha value is -2.82. The van der Waals surface area contributed by atoms with Gasteiger partial charge in [-0.25, -0.2) is 0 Å². The SMILES string of the molecule is CC(C)(C)c1cc(CSC2CCCCCCC2SCc2cc(C(C)(C)C)cc(C(C)(C)c3ccccc3)c2O)c(O)c(C(C)(C)c2ccccc2)c1. The molecule has 52 heavy (non-hydrogen) atoms. The molecule has 4 aromatic rings. The third-order valence-corrected chi connectivity index (χ3v) is 14.6. The smallest absolute Gasteiger partial charge is 0.123 e. The van der Waals surface area contributed by atoms with Crippen molar-refractivity contribution in [2.45, 2.75) is 151 Å². The summed E-state index contributed by atoms with van der Waals surface area (Å²) in [6.07, 6.45) is 7.45. The summed E-state index contributed by atoms with van der Waals surface area (Å²) < 4.78 is 0. The van der Waals surface area contributed by atoms with Crippen LogP contribution in [0.15, 0.2) is 84.9 Å². The molecule has 1 aliphatic carbocycles. The van der Waals surface area contributed by atoms with Gasteiger partial charge in [-0.15, -0.1) is 0 Å². The van der Waals surface area contributed by atoms with Gasteiger partial charge in [0.15, 0.2) is 0 Å². The quantitative estimate of drug-likeness (QED) is 0.170. The molecule has 2 nitrogen and oxygen atoms in total. The van der Waals surface area contributed by atoms with E-state index in [1.807, 2.05) is 23.5 Å². The maximum absolute atomic E-state index is 12.0. The summed E-state index contributed by atoms with van der Waals surface area (Å²) >= 11 is 4.08. The maximum atomic E-state index is 12.0. The van der Waals surface area contributed by atoms with Crippen molar-refractivity contribution in [1.29, 1.82) is 0 Å². The fourth-order valence-electron chi connectivity index (χ4n) is 7.64. The zero-order chi connectivity index (χ0) is 37.9. The first kappa shape index (κ1) is 40.4. The Balaban J connectivity index is 1.44. The van der Waals surface area contributed by atoms with E-state index in [9.17, 15) is 10.2 Å². The molecule has 2 N–H and O–H groups in total. The van der Waals surface area contributed by atoms with E-state index >= 15 is 0 Å². The van der Waals surface area contributed by atoms with Gasteiger partial charge in [-0.05, 0) is 45.9 Å². The van der Waals surface area contributed by atoms with Gasteiger partial charge in [-0.1, -0.05) is 180 Å². The predicted molar refractivity (Wildman–Crippen MR) is 229 cm³/mol. The normalized spacial score (nSPS) is 17.8. The minimum Gasteiger partial charge on any atom is -0.507 e. The van der Waals surface area contributed by atoms with Gasteiger partial charge in [-0.2, -0.15) is 23.5 Å². The molecule has 4 aromatic carbocycles. The van der Waals surface area contributed by atoms with Crippen LogP contribution in [0, 0.1) is 0 Å². The summed E-state index contributed by atoms with van der Waals surface area (Å²) in [5.41, 5.74) is 8.33. The van der Waals surface area contributed by atoms with Crippen molar-refractivity contribution in [3.63, 3.8) is 0 Å². The number of hydrogen-bond acceptors (Lipinski definition) is 4. The number of phenolic OH excluding ortho intramolecular Hbond substituents is 2. The van der Waals surface area contributed by atoms with Gasteiger partial charge < -0.3 is 10.2 Å². The summed E-state index contributed by atoms with van der Waals surface area (Å²) in [4.78, 5) is 0. The van der Waals surface area contributed by atoms with E-state index in [-0.39, 0.29) is 21.7 Å². The van der Waals surface area contributed by atoms with Crippen LogP contribution in [0.1, 0.15) is 152 Å². The molecular weight excluding hydrogens is 673 g/mol. The summed E-state index contributed by atoms with van der Waals surface area (Å²) in [7, 11) is 0. The van der Waals surface area contributed by atoms with Crippen molar-refractivity contribution in [3.05, 3.63) is 129 Å². The second-order valence-electron chi connectivity index (χ2n) is 18.2. The lowest BCUT2D eigenvalue weighted by Gasteiger charge is -2.32. The van der Waals surface area contributed by atoms with Crippen LogP contribution in [-0.2, 0) is 33.2 Å². The Labute approximate surface area is 324 Å². The molecule has 0 spiro atoms. The fourth-order valence-corrected chi connectivity index (χ4v) is 10.7. The summed E-state index contributed by atoms with van der Waals surface area (Å²) in [5.74, 6) is 2.47. The predicted octanol–water partition coefficient (Wildman–Crippen LogP) is 13.6. The minimum atomic E-state index is -0.331. The first-order valence-corrected chi connectivity index (χ1v) is 21.6. The Morgan fingerprint density at radius 2 is 0.827 bits per heavy atom. The van der Waals surface area contributed by atoms with Crippen LogP contribution in [0.4, 0.5) is 0 Å². The molecule has 1 saturated carbocycles. The molecule has 0 amide bonds. The Morgan fingerprint density at radius 1 is 0.481 bits per heavy atom. The van der Waals surface area contributed by atoms with Crippen LogP contribution in [0.25, 0.3) is 0 Å². The van der Waals surface area contributed by atoms with Gasteiger partial charge >= 0.3 is 0 Å². The van der Waals surface area contributed by atoms with Gasteiger partial charge in [0.05, 0.1) is 0 Å². The largest absolute Gasteiger partial charge is 0.507 e. The molecule has 5 rings (SSSR count). The van der Waals surface area contributed by atoms with E-state index in [0.717, 1.165) is 33.8 Å². The van der Waals surface area contributed by atoms with E-state index in [1.165, 1.54) is 60.8 Å². The number of thioether (sulfide) groups is 2. The van der Waals surface area contributed by atoms with Crippen molar-refractivity contribution in [2.24, 2.45) is 0 Å². The maximum Gasteiger partial charge on any atom is 0.123 e. The Bertz CT molecular complexity index is 1640. The van der Waals surface area contributed by atoms with Crippen LogP contribution >= 0.6 is 23.5 Å². The fraction of sp³-hybridized carbons (Fsp3) is 0.500. The van der Waals surface area contributed by atoms with Crippen molar-refractivity contribution in [1.82, 2.24) is 0 Å². The zero-order valence-electron chi connectivity index (χ0n) is 33.6. The molecule has 0 saturated heterocycles. The van der Waals surface area contributed by atoms with Gasteiger partial charge in [0, 0.05) is 55.1 Å². The zero-order valence-corrected chi connectivity index (χ0v) is 35.2. The van der Waals surface area contributed by atoms with Gasteiger partial charge in [-0.3, -0.25) is 0 Å². The molecule has 1 aliphatic rings. The molecule has 4 heteroatoms. The molecule has 0 heterocycles. The molecule has 0 aliphatic heterocycles. The van der Waals surface area contributed by atoms with Crippen molar-refractivity contribution >= 4 is 23.5 Å². The highest BCUT2D eigenvalue weighted by molar-refractivity contribution is 8.03. The molecule has 2 atom stereocenters. The van der Waals surface area contributed by atoms with E-state index in [2.05, 4.69) is 154 Å². The molecule has 0 bridgehead atoms. The first-order chi connectivity index (χ1) is 24.4. The van der Waals surface area contributed by atoms with Gasteiger partial charge in [0.25, 0.3) is 0 Å². The number of rotatable bonds is 10. The van der Waals surface area contributed by atoms with Gasteiger partial charge in [0.2, 0.25) is 0 Å². The first-order valence-electron chi connectivity index (χ1n) is 19.5. The number of phenols is 2. The highest BCUT2D eigenvalue weighted by atomic mass is 32.2.